The number of ether oxygens (including phenoxy) is 3. The number of rotatable bonds is 18. The van der Waals surface area contributed by atoms with E-state index >= 15 is 0 Å². The van der Waals surface area contributed by atoms with Crippen molar-refractivity contribution >= 4 is 86.1 Å². The number of amides is 3. The van der Waals surface area contributed by atoms with Crippen molar-refractivity contribution in [3.63, 3.8) is 0 Å². The number of benzene rings is 6. The summed E-state index contributed by atoms with van der Waals surface area (Å²) in [6, 6.07) is 49.6. The first kappa shape index (κ1) is 73.0. The number of nitriles is 3. The smallest absolute Gasteiger partial charge is 0.255 e. The number of carbonyl (C=O) groups excluding carboxylic acids is 3. The molecule has 10 heterocycles. The fourth-order valence-electron chi connectivity index (χ4n) is 12.1. The summed E-state index contributed by atoms with van der Waals surface area (Å²) in [5, 5.41) is 36.5. The number of nitrogens with zero attached hydrogens (tertiary/aromatic N) is 17. The standard InChI is InChI=1S/C29H24N8O2.C27H22N8O2.C26H20N8O2/c1-17-12-21(23-9-6-20(15-31-23)28(38)37-10-3-11-37)13-18(2)25(17)39-27-24-26(33-16-32-24)35-29(36-27)34-22-7-4-19(14-30)5-8-22;1-15-10-19(21-9-6-18(13-30-21)24(29)36)11-16(2)23(15)37-26-22-25(35(3)14-31-22)33-27(34-26)32-20-7-4-17(12-28)5-8-20;1-14-9-18(20-8-5-17(12-29-20)23(28)35)10-15(2)22(14)36-25-21-24(31-13-30-21)33-26(34-25)32-19-6-3-16(11-27)4-7-19/h4-9,12-13,15-16H,3,10-11H2,1-2H3,(H2,32,33,34,35,36);4-11,13-14H,1-3H3,(H2,29,36)(H,32,33,34);3-10,12-13H,1-2H3,(H2,28,35)(H2,30,31,32,33,34). The average Bonchev–Trinajstić information content (AvgIpc) is 1.54. The molecule has 30 heteroatoms. The van der Waals surface area contributed by atoms with E-state index in [0.29, 0.717) is 131 Å². The van der Waals surface area contributed by atoms with Gasteiger partial charge in [-0.3, -0.25) is 29.3 Å². The second-order valence-corrected chi connectivity index (χ2v) is 26.0. The van der Waals surface area contributed by atoms with Crippen molar-refractivity contribution in [2.75, 3.05) is 29.0 Å². The predicted octanol–water partition coefficient (Wildman–Crippen LogP) is 14.4. The molecule has 9 N–H and O–H groups in total. The van der Waals surface area contributed by atoms with Gasteiger partial charge in [-0.1, -0.05) is 0 Å². The zero-order chi connectivity index (χ0) is 78.3. The van der Waals surface area contributed by atoms with E-state index in [2.05, 4.69) is 104 Å². The molecule has 112 heavy (non-hydrogen) atoms. The molecule has 0 unspecified atom stereocenters. The number of aromatic nitrogens is 15. The van der Waals surface area contributed by atoms with Crippen LogP contribution in [0.4, 0.5) is 34.9 Å². The Kier molecular flexibility index (Phi) is 20.6. The highest BCUT2D eigenvalue weighted by Gasteiger charge is 2.24. The first-order valence-electron chi connectivity index (χ1n) is 34.8. The maximum absolute atomic E-state index is 12.5. The Morgan fingerprint density at radius 1 is 0.438 bits per heavy atom. The number of nitrogens with two attached hydrogens (primary N) is 2. The Balaban J connectivity index is 0.000000140. The Bertz CT molecular complexity index is 6190. The maximum atomic E-state index is 12.5. The largest absolute Gasteiger partial charge is 0.436 e. The van der Waals surface area contributed by atoms with Gasteiger partial charge in [0, 0.05) is 72.5 Å². The van der Waals surface area contributed by atoms with Crippen LogP contribution in [0.3, 0.4) is 0 Å². The fourth-order valence-corrected chi connectivity index (χ4v) is 12.1. The molecule has 3 amide bonds. The molecule has 9 aromatic heterocycles. The number of aromatic amines is 2. The molecular weight excluding hydrogens is 1420 g/mol. The summed E-state index contributed by atoms with van der Waals surface area (Å²) in [7, 11) is 1.85. The summed E-state index contributed by atoms with van der Waals surface area (Å²) in [5.74, 6) is 2.86. The van der Waals surface area contributed by atoms with Crippen LogP contribution >= 0.6 is 0 Å². The van der Waals surface area contributed by atoms with Crippen molar-refractivity contribution in [3.8, 4) is 86.9 Å². The van der Waals surface area contributed by atoms with Crippen LogP contribution in [0.2, 0.25) is 0 Å². The van der Waals surface area contributed by atoms with Gasteiger partial charge in [-0.15, -0.1) is 0 Å². The lowest BCUT2D eigenvalue weighted by molar-refractivity contribution is 0.0651. The Labute approximate surface area is 639 Å². The van der Waals surface area contributed by atoms with Gasteiger partial charge in [0.05, 0.1) is 87.7 Å². The molecule has 0 spiro atoms. The number of carbonyl (C=O) groups is 3. The molecule has 0 atom stereocenters. The highest BCUT2D eigenvalue weighted by atomic mass is 16.5. The molecule has 15 aromatic rings. The van der Waals surface area contributed by atoms with Gasteiger partial charge in [0.2, 0.25) is 29.7 Å². The molecule has 30 nitrogen and oxygen atoms in total. The van der Waals surface area contributed by atoms with Gasteiger partial charge in [0.1, 0.15) is 28.3 Å². The first-order valence-corrected chi connectivity index (χ1v) is 34.8. The number of hydrogen-bond donors (Lipinski definition) is 7. The number of imidazole rings is 3. The van der Waals surface area contributed by atoms with Crippen LogP contribution in [0, 0.1) is 75.5 Å². The number of fused-ring (bicyclic) bond motifs is 3. The highest BCUT2D eigenvalue weighted by molar-refractivity contribution is 5.95. The Morgan fingerprint density at radius 3 is 1.12 bits per heavy atom. The lowest BCUT2D eigenvalue weighted by Gasteiger charge is -2.30. The van der Waals surface area contributed by atoms with Crippen LogP contribution in [0.15, 0.2) is 183 Å². The summed E-state index contributed by atoms with van der Waals surface area (Å²) in [4.78, 5) is 96.6. The minimum absolute atomic E-state index is 0.0272. The molecule has 0 saturated carbocycles. The number of likely N-dealkylation sites (tertiary alicyclic amines) is 1. The van der Waals surface area contributed by atoms with E-state index in [-0.39, 0.29) is 5.91 Å². The number of anilines is 6. The second-order valence-electron chi connectivity index (χ2n) is 26.0. The average molecular weight is 1480 g/mol. The van der Waals surface area contributed by atoms with Gasteiger partial charge in [-0.05, 0) is 227 Å². The Hall–Kier alpha value is -15.9. The third kappa shape index (κ3) is 16.1. The monoisotopic (exact) mass is 1480 g/mol. The van der Waals surface area contributed by atoms with Crippen LogP contribution in [-0.4, -0.2) is 110 Å². The lowest BCUT2D eigenvalue weighted by atomic mass is 10.0. The van der Waals surface area contributed by atoms with Gasteiger partial charge >= 0.3 is 0 Å². The molecule has 1 aliphatic rings. The van der Waals surface area contributed by atoms with Crippen molar-refractivity contribution in [2.24, 2.45) is 18.5 Å². The number of hydrogen-bond acceptors (Lipinski definition) is 24. The third-order valence-electron chi connectivity index (χ3n) is 18.0. The quantitative estimate of drug-likeness (QED) is 0.0419. The Morgan fingerprint density at radius 2 is 0.786 bits per heavy atom. The van der Waals surface area contributed by atoms with E-state index in [1.54, 1.807) is 120 Å². The molecule has 1 saturated heterocycles. The van der Waals surface area contributed by atoms with E-state index in [1.807, 2.05) is 102 Å². The van der Waals surface area contributed by atoms with Gasteiger partial charge in [-0.25, -0.2) is 15.0 Å². The minimum atomic E-state index is -0.520. The molecule has 16 rings (SSSR count). The first-order chi connectivity index (χ1) is 54.2. The lowest BCUT2D eigenvalue weighted by Crippen LogP contribution is -2.42. The summed E-state index contributed by atoms with van der Waals surface area (Å²) in [6.07, 6.45) is 10.4. The summed E-state index contributed by atoms with van der Waals surface area (Å²) >= 11 is 0. The van der Waals surface area contributed by atoms with Gasteiger partial charge in [-0.2, -0.15) is 45.7 Å². The van der Waals surface area contributed by atoms with E-state index in [4.69, 9.17) is 41.5 Å². The molecule has 1 aliphatic heterocycles. The molecule has 0 bridgehead atoms. The number of H-pyrrole nitrogens is 2. The molecular formula is C82H66N24O6. The van der Waals surface area contributed by atoms with Crippen LogP contribution in [0.1, 0.15) is 87.6 Å². The van der Waals surface area contributed by atoms with Gasteiger partial charge < -0.3 is 61.1 Å². The summed E-state index contributed by atoms with van der Waals surface area (Å²) < 4.78 is 20.7. The van der Waals surface area contributed by atoms with E-state index in [1.165, 1.54) is 18.7 Å². The molecule has 0 radical (unpaired) electrons. The summed E-state index contributed by atoms with van der Waals surface area (Å²) in [5.41, 5.74) is 29.2. The normalized spacial score (nSPS) is 11.4. The van der Waals surface area contributed by atoms with Crippen LogP contribution in [-0.2, 0) is 7.05 Å². The second kappa shape index (κ2) is 31.7. The number of pyridine rings is 3. The number of primary amides is 2. The topological polar surface area (TPSA) is 433 Å². The predicted molar refractivity (Wildman–Crippen MR) is 418 cm³/mol. The number of nitrogens with one attached hydrogen (secondary N) is 5. The van der Waals surface area contributed by atoms with Gasteiger partial charge in [0.25, 0.3) is 23.5 Å². The van der Waals surface area contributed by atoms with Crippen LogP contribution in [0.5, 0.6) is 34.9 Å². The fraction of sp³-hybridized carbons (Fsp3) is 0.122. The molecule has 1 fully saturated rings. The maximum Gasteiger partial charge on any atom is 0.255 e. The zero-order valence-electron chi connectivity index (χ0n) is 61.1. The van der Waals surface area contributed by atoms with Crippen molar-refractivity contribution in [3.05, 3.63) is 250 Å². The van der Waals surface area contributed by atoms with E-state index in [9.17, 15) is 14.4 Å². The summed E-state index contributed by atoms with van der Waals surface area (Å²) in [6.45, 7) is 13.3. The van der Waals surface area contributed by atoms with Crippen molar-refractivity contribution < 1.29 is 28.6 Å². The van der Waals surface area contributed by atoms with Gasteiger partial charge in [0.15, 0.2) is 22.5 Å². The number of aryl methyl sites for hydroxylation is 7. The van der Waals surface area contributed by atoms with Crippen LogP contribution in [0.25, 0.3) is 67.3 Å². The van der Waals surface area contributed by atoms with Crippen molar-refractivity contribution in [1.29, 1.82) is 15.8 Å². The molecule has 0 aliphatic carbocycles. The SMILES string of the molecule is Cc1cc(-c2ccc(C(=O)N3CCC3)cn2)cc(C)c1Oc1nc(Nc2ccc(C#N)cc2)nc2nc[nH]c12.Cc1cc(-c2ccc(C(N)=O)cn2)cc(C)c1Oc1nc(Nc2ccc(C#N)cc2)nc2c1ncn2C.Cc1cc(-c2ccc(C(N)=O)cn2)cc(C)c1Oc1nc(Nc2ccc(C#N)cc2)nc2nc[nH]c12. The highest BCUT2D eigenvalue weighted by Crippen LogP contribution is 2.39. The minimum Gasteiger partial charge on any atom is -0.436 e. The van der Waals surface area contributed by atoms with Crippen molar-refractivity contribution in [2.45, 2.75) is 48.0 Å². The molecule has 6 aromatic carbocycles. The van der Waals surface area contributed by atoms with Crippen LogP contribution < -0.4 is 41.6 Å². The van der Waals surface area contributed by atoms with E-state index < -0.39 is 11.8 Å². The third-order valence-corrected chi connectivity index (χ3v) is 18.0. The molecule has 550 valence electrons. The van der Waals surface area contributed by atoms with E-state index in [0.717, 1.165) is 92.3 Å². The van der Waals surface area contributed by atoms with Crippen molar-refractivity contribution in [1.82, 2.24) is 79.2 Å². The zero-order valence-corrected chi connectivity index (χ0v) is 61.1.